The molecule has 0 aliphatic heterocycles. The fourth-order valence-corrected chi connectivity index (χ4v) is 1.02. The van der Waals surface area contributed by atoms with Crippen LogP contribution in [0.1, 0.15) is 24.3 Å². The van der Waals surface area contributed by atoms with E-state index in [9.17, 15) is 14.8 Å². The zero-order valence-electron chi connectivity index (χ0n) is 8.39. The number of amides is 1. The lowest BCUT2D eigenvalue weighted by atomic mass is 10.3. The van der Waals surface area contributed by atoms with Crippen molar-refractivity contribution in [2.24, 2.45) is 0 Å². The summed E-state index contributed by atoms with van der Waals surface area (Å²) in [6.45, 7) is 3.50. The van der Waals surface area contributed by atoms with E-state index in [0.29, 0.717) is 4.73 Å². The van der Waals surface area contributed by atoms with Crippen LogP contribution in [0.2, 0.25) is 0 Å². The molecule has 6 nitrogen and oxygen atoms in total. The van der Waals surface area contributed by atoms with E-state index in [4.69, 9.17) is 5.11 Å². The van der Waals surface area contributed by atoms with Crippen molar-refractivity contribution in [1.29, 1.82) is 0 Å². The van der Waals surface area contributed by atoms with Crippen molar-refractivity contribution in [3.63, 3.8) is 0 Å². The highest BCUT2D eigenvalue weighted by Gasteiger charge is 2.13. The molecule has 3 N–H and O–H groups in total. The number of pyridine rings is 1. The number of carbonyl (C=O) groups is 1. The number of aromatic nitrogens is 1. The molecule has 1 aromatic heterocycles. The van der Waals surface area contributed by atoms with Crippen LogP contribution in [0, 0.1) is 0 Å². The summed E-state index contributed by atoms with van der Waals surface area (Å²) in [7, 11) is 0. The lowest BCUT2D eigenvalue weighted by Crippen LogP contribution is -2.33. The molecule has 0 unspecified atom stereocenters. The highest BCUT2D eigenvalue weighted by molar-refractivity contribution is 5.92. The second-order valence-corrected chi connectivity index (χ2v) is 3.38. The van der Waals surface area contributed by atoms with Gasteiger partial charge in [-0.05, 0) is 13.8 Å². The van der Waals surface area contributed by atoms with Gasteiger partial charge in [-0.1, -0.05) is 0 Å². The number of carbonyl (C=O) groups excluding carboxylic acids is 1. The molecule has 0 bridgehead atoms. The van der Waals surface area contributed by atoms with Gasteiger partial charge in [-0.25, -0.2) is 0 Å². The minimum Gasteiger partial charge on any atom is -0.503 e. The summed E-state index contributed by atoms with van der Waals surface area (Å²) in [5, 5.41) is 20.7. The van der Waals surface area contributed by atoms with Crippen LogP contribution < -0.4 is 10.7 Å². The minimum absolute atomic E-state index is 0.110. The van der Waals surface area contributed by atoms with E-state index in [1.54, 1.807) is 13.8 Å². The normalized spacial score (nSPS) is 10.3. The third-order valence-electron chi connectivity index (χ3n) is 1.66. The highest BCUT2D eigenvalue weighted by Crippen LogP contribution is 2.02. The van der Waals surface area contributed by atoms with E-state index >= 15 is 0 Å². The molecule has 0 saturated heterocycles. The van der Waals surface area contributed by atoms with Gasteiger partial charge in [-0.3, -0.25) is 9.59 Å². The Morgan fingerprint density at radius 3 is 2.67 bits per heavy atom. The Balaban J connectivity index is 3.10. The lowest BCUT2D eigenvalue weighted by Gasteiger charge is -2.10. The molecule has 1 heterocycles. The van der Waals surface area contributed by atoms with Crippen LogP contribution in [0.5, 0.6) is 5.75 Å². The van der Waals surface area contributed by atoms with Crippen LogP contribution in [0.4, 0.5) is 0 Å². The van der Waals surface area contributed by atoms with Gasteiger partial charge < -0.3 is 15.6 Å². The zero-order chi connectivity index (χ0) is 11.6. The fourth-order valence-electron chi connectivity index (χ4n) is 1.02. The van der Waals surface area contributed by atoms with Crippen LogP contribution in [0.15, 0.2) is 17.1 Å². The predicted molar refractivity (Wildman–Crippen MR) is 52.2 cm³/mol. The van der Waals surface area contributed by atoms with Gasteiger partial charge in [0, 0.05) is 12.1 Å². The Labute approximate surface area is 85.7 Å². The van der Waals surface area contributed by atoms with Crippen LogP contribution in [0.3, 0.4) is 0 Å². The summed E-state index contributed by atoms with van der Waals surface area (Å²) in [6, 6.07) is 0.758. The molecule has 82 valence electrons. The SMILES string of the molecule is CC(C)NC(=O)c1cc(=O)c(O)cn1O. The van der Waals surface area contributed by atoms with E-state index in [1.807, 2.05) is 0 Å². The molecule has 0 saturated carbocycles. The summed E-state index contributed by atoms with van der Waals surface area (Å²) < 4.78 is 0.411. The maximum atomic E-state index is 11.4. The molecule has 1 aromatic rings. The molecule has 0 aliphatic carbocycles. The molecule has 6 heteroatoms. The van der Waals surface area contributed by atoms with Gasteiger partial charge >= 0.3 is 0 Å². The van der Waals surface area contributed by atoms with E-state index in [1.165, 1.54) is 0 Å². The molecule has 0 atom stereocenters. The summed E-state index contributed by atoms with van der Waals surface area (Å²) in [5.41, 5.74) is -0.930. The molecular formula is C9H12N2O4. The predicted octanol–water partition coefficient (Wildman–Crippen LogP) is -0.0706. The van der Waals surface area contributed by atoms with E-state index in [0.717, 1.165) is 12.3 Å². The minimum atomic E-state index is -0.714. The van der Waals surface area contributed by atoms with E-state index in [-0.39, 0.29) is 11.7 Å². The van der Waals surface area contributed by atoms with E-state index < -0.39 is 17.1 Å². The number of nitrogens with zero attached hydrogens (tertiary/aromatic N) is 1. The van der Waals surface area contributed by atoms with Crippen molar-refractivity contribution >= 4 is 5.91 Å². The molecule has 0 fully saturated rings. The average molecular weight is 212 g/mol. The largest absolute Gasteiger partial charge is 0.503 e. The van der Waals surface area contributed by atoms with Crippen molar-refractivity contribution < 1.29 is 15.1 Å². The quantitative estimate of drug-likeness (QED) is 0.598. The fraction of sp³-hybridized carbons (Fsp3) is 0.333. The van der Waals surface area contributed by atoms with Crippen molar-refractivity contribution in [3.05, 3.63) is 28.2 Å². The monoisotopic (exact) mass is 212 g/mol. The van der Waals surface area contributed by atoms with Crippen LogP contribution in [-0.2, 0) is 0 Å². The molecule has 1 rings (SSSR count). The van der Waals surface area contributed by atoms with Crippen LogP contribution in [0.25, 0.3) is 0 Å². The zero-order valence-corrected chi connectivity index (χ0v) is 8.39. The van der Waals surface area contributed by atoms with Gasteiger partial charge in [0.05, 0.1) is 6.20 Å². The first-order valence-electron chi connectivity index (χ1n) is 4.37. The maximum absolute atomic E-state index is 11.4. The maximum Gasteiger partial charge on any atom is 0.271 e. The number of hydrogen-bond acceptors (Lipinski definition) is 4. The van der Waals surface area contributed by atoms with Crippen molar-refractivity contribution in [2.45, 2.75) is 19.9 Å². The summed E-state index contributed by atoms with van der Waals surface area (Å²) in [5.74, 6) is -1.19. The van der Waals surface area contributed by atoms with Gasteiger partial charge in [-0.15, -0.1) is 0 Å². The highest BCUT2D eigenvalue weighted by atomic mass is 16.5. The summed E-state index contributed by atoms with van der Waals surface area (Å²) in [6.07, 6.45) is 0.775. The lowest BCUT2D eigenvalue weighted by molar-refractivity contribution is 0.0886. The molecule has 0 spiro atoms. The summed E-state index contributed by atoms with van der Waals surface area (Å²) in [4.78, 5) is 22.5. The Morgan fingerprint density at radius 1 is 1.53 bits per heavy atom. The number of rotatable bonds is 2. The number of nitrogens with one attached hydrogen (secondary N) is 1. The van der Waals surface area contributed by atoms with Gasteiger partial charge in [0.15, 0.2) is 5.75 Å². The van der Waals surface area contributed by atoms with Crippen molar-refractivity contribution in [1.82, 2.24) is 10.0 Å². The van der Waals surface area contributed by atoms with Crippen LogP contribution in [-0.4, -0.2) is 27.0 Å². The Bertz CT molecular complexity index is 436. The van der Waals surface area contributed by atoms with E-state index in [2.05, 4.69) is 5.32 Å². The average Bonchev–Trinajstić information content (AvgIpc) is 2.09. The molecule has 0 aliphatic rings. The molecule has 15 heavy (non-hydrogen) atoms. The van der Waals surface area contributed by atoms with Gasteiger partial charge in [-0.2, -0.15) is 4.73 Å². The Hall–Kier alpha value is -1.98. The first-order valence-corrected chi connectivity index (χ1v) is 4.37. The topological polar surface area (TPSA) is 91.6 Å². The number of hydrogen-bond donors (Lipinski definition) is 3. The second kappa shape index (κ2) is 4.04. The molecular weight excluding hydrogens is 200 g/mol. The van der Waals surface area contributed by atoms with Crippen LogP contribution >= 0.6 is 0 Å². The third kappa shape index (κ3) is 2.49. The second-order valence-electron chi connectivity index (χ2n) is 3.38. The third-order valence-corrected chi connectivity index (χ3v) is 1.66. The molecule has 1 amide bonds. The van der Waals surface area contributed by atoms with Crippen molar-refractivity contribution in [3.8, 4) is 5.75 Å². The standard InChI is InChI=1S/C9H12N2O4/c1-5(2)10-9(14)6-3-7(12)8(13)4-11(6)15/h3-5,13,15H,1-2H3,(H,10,14). The van der Waals surface area contributed by atoms with Gasteiger partial charge in [0.2, 0.25) is 5.43 Å². The number of aromatic hydroxyl groups is 1. The van der Waals surface area contributed by atoms with Gasteiger partial charge in [0.25, 0.3) is 5.91 Å². The smallest absolute Gasteiger partial charge is 0.271 e. The molecule has 0 aromatic carbocycles. The Morgan fingerprint density at radius 2 is 2.13 bits per heavy atom. The Kier molecular flexibility index (Phi) is 2.99. The first kappa shape index (κ1) is 11.1. The summed E-state index contributed by atoms with van der Waals surface area (Å²) >= 11 is 0. The first-order chi connectivity index (χ1) is 6.91. The van der Waals surface area contributed by atoms with Crippen molar-refractivity contribution in [2.75, 3.05) is 0 Å². The molecule has 0 radical (unpaired) electrons. The van der Waals surface area contributed by atoms with Gasteiger partial charge in [0.1, 0.15) is 5.69 Å².